The fourth-order valence-corrected chi connectivity index (χ4v) is 2.16. The molecule has 0 unspecified atom stereocenters. The van der Waals surface area contributed by atoms with Crippen LogP contribution in [0.5, 0.6) is 5.75 Å². The molecule has 2 aromatic rings. The van der Waals surface area contributed by atoms with Gasteiger partial charge in [-0.1, -0.05) is 12.1 Å². The molecule has 110 valence electrons. The van der Waals surface area contributed by atoms with E-state index in [1.807, 2.05) is 0 Å². The Hall–Kier alpha value is -2.61. The van der Waals surface area contributed by atoms with Crippen LogP contribution in [0.25, 0.3) is 0 Å². The molecule has 0 fully saturated rings. The molecule has 0 aliphatic rings. The highest BCUT2D eigenvalue weighted by Gasteiger charge is 2.11. The maximum atomic E-state index is 11.9. The minimum absolute atomic E-state index is 0.0843. The number of carboxylic acid groups (broad SMARTS) is 1. The lowest BCUT2D eigenvalue weighted by atomic mass is 10.2. The third-order valence-corrected chi connectivity index (χ3v) is 3.15. The number of aliphatic carboxylic acids is 1. The molecule has 0 aliphatic heterocycles. The van der Waals surface area contributed by atoms with E-state index in [9.17, 15) is 9.59 Å². The number of nitrogen functional groups attached to an aromatic ring is 1. The molecule has 0 saturated heterocycles. The molecule has 1 heterocycles. The highest BCUT2D eigenvalue weighted by Crippen LogP contribution is 2.24. The van der Waals surface area contributed by atoms with Crippen LogP contribution < -0.4 is 15.8 Å². The molecule has 0 aliphatic carbocycles. The Morgan fingerprint density at radius 1 is 1.38 bits per heavy atom. The van der Waals surface area contributed by atoms with Crippen molar-refractivity contribution in [2.75, 3.05) is 17.7 Å². The number of carbonyl (C=O) groups is 2. The molecule has 0 atom stereocenters. The predicted molar refractivity (Wildman–Crippen MR) is 78.4 cm³/mol. The van der Waals surface area contributed by atoms with E-state index < -0.39 is 12.6 Å². The number of rotatable bonds is 6. The first-order valence-corrected chi connectivity index (χ1v) is 6.86. The number of nitrogens with zero attached hydrogens (tertiary/aromatic N) is 1. The monoisotopic (exact) mass is 307 g/mol. The number of carbonyl (C=O) groups excluding carboxylic acids is 1. The minimum atomic E-state index is -1.09. The molecule has 0 spiro atoms. The smallest absolute Gasteiger partial charge is 0.341 e. The zero-order valence-corrected chi connectivity index (χ0v) is 11.7. The molecule has 1 aromatic heterocycles. The number of benzene rings is 1. The van der Waals surface area contributed by atoms with Crippen LogP contribution in [0.1, 0.15) is 5.69 Å². The van der Waals surface area contributed by atoms with Crippen LogP contribution in [0.3, 0.4) is 0 Å². The van der Waals surface area contributed by atoms with E-state index in [-0.39, 0.29) is 12.3 Å². The lowest BCUT2D eigenvalue weighted by Gasteiger charge is -2.10. The van der Waals surface area contributed by atoms with Crippen LogP contribution in [0.4, 0.5) is 10.8 Å². The van der Waals surface area contributed by atoms with Gasteiger partial charge in [-0.25, -0.2) is 9.78 Å². The molecule has 0 radical (unpaired) electrons. The van der Waals surface area contributed by atoms with E-state index in [0.29, 0.717) is 22.3 Å². The van der Waals surface area contributed by atoms with Gasteiger partial charge in [0, 0.05) is 5.38 Å². The number of hydrogen-bond acceptors (Lipinski definition) is 6. The summed E-state index contributed by atoms with van der Waals surface area (Å²) in [5.41, 5.74) is 6.49. The molecule has 8 heteroatoms. The van der Waals surface area contributed by atoms with Crippen molar-refractivity contribution in [2.45, 2.75) is 6.42 Å². The summed E-state index contributed by atoms with van der Waals surface area (Å²) >= 11 is 1.26. The lowest BCUT2D eigenvalue weighted by Crippen LogP contribution is -2.16. The summed E-state index contributed by atoms with van der Waals surface area (Å²) in [6, 6.07) is 6.61. The van der Waals surface area contributed by atoms with Gasteiger partial charge in [0.1, 0.15) is 5.75 Å². The topological polar surface area (TPSA) is 115 Å². The van der Waals surface area contributed by atoms with Gasteiger partial charge in [-0.05, 0) is 12.1 Å². The van der Waals surface area contributed by atoms with Gasteiger partial charge in [0.05, 0.1) is 17.8 Å². The first-order chi connectivity index (χ1) is 10.0. The largest absolute Gasteiger partial charge is 0.480 e. The van der Waals surface area contributed by atoms with Gasteiger partial charge >= 0.3 is 5.97 Å². The Balaban J connectivity index is 2.01. The summed E-state index contributed by atoms with van der Waals surface area (Å²) in [7, 11) is 0. The molecule has 1 amide bonds. The van der Waals surface area contributed by atoms with E-state index in [1.165, 1.54) is 11.3 Å². The second-order valence-electron chi connectivity index (χ2n) is 4.08. The molecule has 0 bridgehead atoms. The molecule has 0 saturated carbocycles. The van der Waals surface area contributed by atoms with Crippen LogP contribution in [0.2, 0.25) is 0 Å². The first kappa shape index (κ1) is 14.8. The number of para-hydroxylation sites is 2. The zero-order valence-electron chi connectivity index (χ0n) is 10.9. The quantitative estimate of drug-likeness (QED) is 0.742. The van der Waals surface area contributed by atoms with E-state index in [2.05, 4.69) is 10.3 Å². The van der Waals surface area contributed by atoms with Crippen LogP contribution in [0, 0.1) is 0 Å². The zero-order chi connectivity index (χ0) is 15.2. The average molecular weight is 307 g/mol. The van der Waals surface area contributed by atoms with Gasteiger partial charge in [-0.2, -0.15) is 0 Å². The van der Waals surface area contributed by atoms with Crippen molar-refractivity contribution in [2.24, 2.45) is 0 Å². The maximum absolute atomic E-state index is 11.9. The predicted octanol–water partition coefficient (Wildman–Crippen LogP) is 1.37. The third-order valence-electron chi connectivity index (χ3n) is 2.42. The Morgan fingerprint density at radius 3 is 2.81 bits per heavy atom. The highest BCUT2D eigenvalue weighted by atomic mass is 32.1. The average Bonchev–Trinajstić information content (AvgIpc) is 2.83. The molecular formula is C13H13N3O4S. The molecule has 4 N–H and O–H groups in total. The standard InChI is InChI=1S/C13H13N3O4S/c14-13-15-8(7-21-13)5-11(17)16-9-3-1-2-4-10(9)20-6-12(18)19/h1-4,7H,5-6H2,(H2,14,15)(H,16,17)(H,18,19). The number of aromatic nitrogens is 1. The highest BCUT2D eigenvalue weighted by molar-refractivity contribution is 7.13. The van der Waals surface area contributed by atoms with Crippen molar-refractivity contribution in [3.05, 3.63) is 35.3 Å². The van der Waals surface area contributed by atoms with Crippen LogP contribution >= 0.6 is 11.3 Å². The molecular weight excluding hydrogens is 294 g/mol. The van der Waals surface area contributed by atoms with E-state index in [4.69, 9.17) is 15.6 Å². The van der Waals surface area contributed by atoms with Crippen LogP contribution in [-0.2, 0) is 16.0 Å². The Bertz CT molecular complexity index is 656. The van der Waals surface area contributed by atoms with Gasteiger partial charge in [0.15, 0.2) is 11.7 Å². The second kappa shape index (κ2) is 6.71. The van der Waals surface area contributed by atoms with E-state index >= 15 is 0 Å². The van der Waals surface area contributed by atoms with Gasteiger partial charge in [0.25, 0.3) is 0 Å². The molecule has 7 nitrogen and oxygen atoms in total. The summed E-state index contributed by atoms with van der Waals surface area (Å²) in [5, 5.41) is 13.4. The number of anilines is 2. The maximum Gasteiger partial charge on any atom is 0.341 e. The third kappa shape index (κ3) is 4.46. The van der Waals surface area contributed by atoms with Crippen molar-refractivity contribution in [1.29, 1.82) is 0 Å². The van der Waals surface area contributed by atoms with Crippen LogP contribution in [-0.4, -0.2) is 28.6 Å². The molecule has 21 heavy (non-hydrogen) atoms. The van der Waals surface area contributed by atoms with Crippen molar-refractivity contribution in [3.63, 3.8) is 0 Å². The number of thiazole rings is 1. The second-order valence-corrected chi connectivity index (χ2v) is 4.97. The minimum Gasteiger partial charge on any atom is -0.480 e. The van der Waals surface area contributed by atoms with Gasteiger partial charge in [0.2, 0.25) is 5.91 Å². The summed E-state index contributed by atoms with van der Waals surface area (Å²) < 4.78 is 5.11. The SMILES string of the molecule is Nc1nc(CC(=O)Nc2ccccc2OCC(=O)O)cs1. The first-order valence-electron chi connectivity index (χ1n) is 5.98. The van der Waals surface area contributed by atoms with Crippen molar-refractivity contribution < 1.29 is 19.4 Å². The van der Waals surface area contributed by atoms with E-state index in [1.54, 1.807) is 29.6 Å². The lowest BCUT2D eigenvalue weighted by molar-refractivity contribution is -0.139. The Labute approximate surface area is 124 Å². The molecule has 1 aromatic carbocycles. The molecule has 2 rings (SSSR count). The van der Waals surface area contributed by atoms with Crippen molar-refractivity contribution in [1.82, 2.24) is 4.98 Å². The fourth-order valence-electron chi connectivity index (χ4n) is 1.60. The van der Waals surface area contributed by atoms with Crippen molar-refractivity contribution >= 4 is 34.0 Å². The van der Waals surface area contributed by atoms with Crippen molar-refractivity contribution in [3.8, 4) is 5.75 Å². The number of ether oxygens (including phenoxy) is 1. The summed E-state index contributed by atoms with van der Waals surface area (Å²) in [6.45, 7) is -0.477. The number of hydrogen-bond donors (Lipinski definition) is 3. The Kier molecular flexibility index (Phi) is 4.72. The summed E-state index contributed by atoms with van der Waals surface area (Å²) in [4.78, 5) is 26.4. The summed E-state index contributed by atoms with van der Waals surface area (Å²) in [6.07, 6.45) is 0.0843. The number of nitrogens with two attached hydrogens (primary N) is 1. The van der Waals surface area contributed by atoms with E-state index in [0.717, 1.165) is 0 Å². The van der Waals surface area contributed by atoms with Gasteiger partial charge in [-0.3, -0.25) is 4.79 Å². The van der Waals surface area contributed by atoms with Crippen LogP contribution in [0.15, 0.2) is 29.6 Å². The normalized spacial score (nSPS) is 10.1. The van der Waals surface area contributed by atoms with Gasteiger partial charge in [-0.15, -0.1) is 11.3 Å². The number of nitrogens with one attached hydrogen (secondary N) is 1. The summed E-state index contributed by atoms with van der Waals surface area (Å²) in [5.74, 6) is -1.08. The Morgan fingerprint density at radius 2 is 2.14 bits per heavy atom. The fraction of sp³-hybridized carbons (Fsp3) is 0.154. The van der Waals surface area contributed by atoms with Gasteiger partial charge < -0.3 is 20.9 Å². The number of amides is 1. The number of carboxylic acids is 1.